The molecule has 1 aromatic heterocycles. The predicted molar refractivity (Wildman–Crippen MR) is 70.7 cm³/mol. The van der Waals surface area contributed by atoms with Crippen LogP contribution in [-0.4, -0.2) is 32.3 Å². The third-order valence-electron chi connectivity index (χ3n) is 3.62. The number of rotatable bonds is 2. The van der Waals surface area contributed by atoms with Crippen molar-refractivity contribution in [2.75, 3.05) is 13.1 Å². The number of amides is 1. The Morgan fingerprint density at radius 1 is 1.37 bits per heavy atom. The second-order valence-corrected chi connectivity index (χ2v) is 7.67. The number of aryl methyl sites for hydroxylation is 1. The predicted octanol–water partition coefficient (Wildman–Crippen LogP) is 2.24. The minimum Gasteiger partial charge on any atom is -0.455 e. The summed E-state index contributed by atoms with van der Waals surface area (Å²) in [5.74, 6) is 0.731. The smallest absolute Gasteiger partial charge is 0.289 e. The van der Waals surface area contributed by atoms with Crippen LogP contribution in [0, 0.1) is 18.8 Å². The average molecular weight is 306 g/mol. The van der Waals surface area contributed by atoms with E-state index >= 15 is 0 Å². The first-order chi connectivity index (χ1) is 8.70. The summed E-state index contributed by atoms with van der Waals surface area (Å²) in [6.45, 7) is 6.95. The van der Waals surface area contributed by atoms with Gasteiger partial charge in [0.15, 0.2) is 5.76 Å². The molecule has 2 atom stereocenters. The molecule has 2 unspecified atom stereocenters. The number of carbonyl (C=O) groups excluding carboxylic acids is 1. The lowest BCUT2D eigenvalue weighted by molar-refractivity contribution is 0.0752. The first kappa shape index (κ1) is 14.4. The van der Waals surface area contributed by atoms with Gasteiger partial charge in [0.05, 0.1) is 0 Å². The maximum atomic E-state index is 12.2. The first-order valence-corrected chi connectivity index (χ1v) is 8.35. The minimum atomic E-state index is -3.88. The molecular formula is C12H16ClNO4S. The highest BCUT2D eigenvalue weighted by Crippen LogP contribution is 2.27. The zero-order valence-electron chi connectivity index (χ0n) is 11.0. The van der Waals surface area contributed by atoms with Gasteiger partial charge in [-0.3, -0.25) is 4.79 Å². The van der Waals surface area contributed by atoms with Gasteiger partial charge in [-0.05, 0) is 18.8 Å². The van der Waals surface area contributed by atoms with E-state index in [9.17, 15) is 13.2 Å². The number of nitrogens with zero attached hydrogens (tertiary/aromatic N) is 1. The molecule has 0 N–H and O–H groups in total. The molecule has 106 valence electrons. The summed E-state index contributed by atoms with van der Waals surface area (Å²) in [5.41, 5.74) is 0. The molecule has 0 aromatic carbocycles. The van der Waals surface area contributed by atoms with E-state index in [0.29, 0.717) is 24.9 Å². The zero-order chi connectivity index (χ0) is 14.4. The summed E-state index contributed by atoms with van der Waals surface area (Å²) < 4.78 is 27.8. The fourth-order valence-corrected chi connectivity index (χ4v) is 3.36. The third-order valence-corrected chi connectivity index (χ3v) is 5.05. The van der Waals surface area contributed by atoms with Gasteiger partial charge in [-0.15, -0.1) is 0 Å². The van der Waals surface area contributed by atoms with Crippen molar-refractivity contribution in [3.63, 3.8) is 0 Å². The molecule has 1 saturated heterocycles. The molecule has 1 fully saturated rings. The molecule has 19 heavy (non-hydrogen) atoms. The molecule has 1 aliphatic rings. The first-order valence-electron chi connectivity index (χ1n) is 6.04. The van der Waals surface area contributed by atoms with Crippen LogP contribution in [0.2, 0.25) is 0 Å². The van der Waals surface area contributed by atoms with E-state index < -0.39 is 9.05 Å². The van der Waals surface area contributed by atoms with Gasteiger partial charge >= 0.3 is 0 Å². The average Bonchev–Trinajstić information content (AvgIpc) is 2.82. The molecule has 0 spiro atoms. The Bertz CT molecular complexity index is 597. The quantitative estimate of drug-likeness (QED) is 0.786. The van der Waals surface area contributed by atoms with Crippen molar-refractivity contribution in [2.45, 2.75) is 25.7 Å². The van der Waals surface area contributed by atoms with Crippen molar-refractivity contribution in [1.82, 2.24) is 4.90 Å². The second-order valence-electron chi connectivity index (χ2n) is 5.13. The highest BCUT2D eigenvalue weighted by Gasteiger charge is 2.32. The summed E-state index contributed by atoms with van der Waals surface area (Å²) in [7, 11) is 1.39. The Hall–Kier alpha value is -1.01. The van der Waals surface area contributed by atoms with Crippen LogP contribution < -0.4 is 0 Å². The number of carbonyl (C=O) groups is 1. The molecule has 0 aliphatic carbocycles. The maximum Gasteiger partial charge on any atom is 0.289 e. The van der Waals surface area contributed by atoms with Crippen molar-refractivity contribution in [3.05, 3.63) is 17.6 Å². The van der Waals surface area contributed by atoms with Gasteiger partial charge in [0.25, 0.3) is 15.0 Å². The summed E-state index contributed by atoms with van der Waals surface area (Å²) in [6.07, 6.45) is 0. The number of likely N-dealkylation sites (tertiary alicyclic amines) is 1. The maximum absolute atomic E-state index is 12.2. The van der Waals surface area contributed by atoms with E-state index in [2.05, 4.69) is 13.8 Å². The van der Waals surface area contributed by atoms with Gasteiger partial charge < -0.3 is 9.32 Å². The molecule has 0 bridgehead atoms. The largest absolute Gasteiger partial charge is 0.455 e. The lowest BCUT2D eigenvalue weighted by Crippen LogP contribution is -2.28. The fourth-order valence-electron chi connectivity index (χ4n) is 2.26. The molecule has 7 heteroatoms. The number of hydrogen-bond acceptors (Lipinski definition) is 4. The Kier molecular flexibility index (Phi) is 3.66. The lowest BCUT2D eigenvalue weighted by atomic mass is 10.0. The van der Waals surface area contributed by atoms with Gasteiger partial charge in [0.1, 0.15) is 10.7 Å². The summed E-state index contributed by atoms with van der Waals surface area (Å²) in [5, 5.41) is 0. The van der Waals surface area contributed by atoms with Crippen LogP contribution in [0.4, 0.5) is 0 Å². The van der Waals surface area contributed by atoms with Crippen molar-refractivity contribution in [3.8, 4) is 0 Å². The summed E-state index contributed by atoms with van der Waals surface area (Å²) in [6, 6.07) is 1.20. The normalized spacial score (nSPS) is 23.9. The van der Waals surface area contributed by atoms with E-state index in [-0.39, 0.29) is 22.3 Å². The van der Waals surface area contributed by atoms with Crippen LogP contribution in [0.25, 0.3) is 0 Å². The van der Waals surface area contributed by atoms with Crippen LogP contribution >= 0.6 is 10.7 Å². The summed E-state index contributed by atoms with van der Waals surface area (Å²) in [4.78, 5) is 13.8. The summed E-state index contributed by atoms with van der Waals surface area (Å²) >= 11 is 0. The molecule has 0 radical (unpaired) electrons. The van der Waals surface area contributed by atoms with E-state index in [1.807, 2.05) is 0 Å². The molecule has 1 aliphatic heterocycles. The molecular weight excluding hydrogens is 290 g/mol. The Labute approximate surface area is 116 Å². The zero-order valence-corrected chi connectivity index (χ0v) is 12.6. The minimum absolute atomic E-state index is 0.0259. The van der Waals surface area contributed by atoms with Crippen molar-refractivity contribution in [1.29, 1.82) is 0 Å². The number of halogens is 1. The van der Waals surface area contributed by atoms with E-state index in [0.717, 1.165) is 0 Å². The van der Waals surface area contributed by atoms with Gasteiger partial charge in [0.2, 0.25) is 0 Å². The molecule has 1 amide bonds. The SMILES string of the molecule is Cc1oc(C(=O)N2CC(C)C(C)C2)cc1S(=O)(=O)Cl. The van der Waals surface area contributed by atoms with Crippen LogP contribution in [0.3, 0.4) is 0 Å². The topological polar surface area (TPSA) is 67.6 Å². The van der Waals surface area contributed by atoms with Crippen LogP contribution in [-0.2, 0) is 9.05 Å². The van der Waals surface area contributed by atoms with E-state index in [1.165, 1.54) is 13.0 Å². The van der Waals surface area contributed by atoms with Crippen molar-refractivity contribution >= 4 is 25.6 Å². The lowest BCUT2D eigenvalue weighted by Gasteiger charge is -2.13. The number of hydrogen-bond donors (Lipinski definition) is 0. The van der Waals surface area contributed by atoms with Crippen LogP contribution in [0.1, 0.15) is 30.2 Å². The molecule has 2 heterocycles. The van der Waals surface area contributed by atoms with Gasteiger partial charge in [-0.25, -0.2) is 8.42 Å². The van der Waals surface area contributed by atoms with Crippen LogP contribution in [0.15, 0.2) is 15.4 Å². The van der Waals surface area contributed by atoms with Crippen molar-refractivity contribution in [2.24, 2.45) is 11.8 Å². The van der Waals surface area contributed by atoms with Gasteiger partial charge in [-0.2, -0.15) is 0 Å². The highest BCUT2D eigenvalue weighted by atomic mass is 35.7. The van der Waals surface area contributed by atoms with E-state index in [4.69, 9.17) is 15.1 Å². The Balaban J connectivity index is 2.27. The molecule has 5 nitrogen and oxygen atoms in total. The fraction of sp³-hybridized carbons (Fsp3) is 0.583. The van der Waals surface area contributed by atoms with Crippen molar-refractivity contribution < 1.29 is 17.6 Å². The Morgan fingerprint density at radius 2 is 1.89 bits per heavy atom. The number of furan rings is 1. The van der Waals surface area contributed by atoms with Gasteiger partial charge in [0, 0.05) is 29.8 Å². The third kappa shape index (κ3) is 2.79. The Morgan fingerprint density at radius 3 is 2.32 bits per heavy atom. The molecule has 1 aromatic rings. The van der Waals surface area contributed by atoms with Gasteiger partial charge in [-0.1, -0.05) is 13.8 Å². The molecule has 2 rings (SSSR count). The van der Waals surface area contributed by atoms with Crippen LogP contribution in [0.5, 0.6) is 0 Å². The monoisotopic (exact) mass is 305 g/mol. The second kappa shape index (κ2) is 4.83. The highest BCUT2D eigenvalue weighted by molar-refractivity contribution is 8.13. The van der Waals surface area contributed by atoms with E-state index in [1.54, 1.807) is 4.90 Å². The standard InChI is InChI=1S/C12H16ClNO4S/c1-7-5-14(6-8(7)2)12(15)10-4-11(9(3)18-10)19(13,16)17/h4,7-8H,5-6H2,1-3H3. The molecule has 0 saturated carbocycles.